The van der Waals surface area contributed by atoms with E-state index in [1.807, 2.05) is 0 Å². The Morgan fingerprint density at radius 3 is 2.72 bits per heavy atom. The molecule has 1 aromatic rings. The molecule has 0 heterocycles. The highest BCUT2D eigenvalue weighted by atomic mass is 16.5. The molecular weight excluding hydrogens is 230 g/mol. The molecule has 1 fully saturated rings. The van der Waals surface area contributed by atoms with Crippen molar-refractivity contribution in [2.75, 3.05) is 13.7 Å². The van der Waals surface area contributed by atoms with Crippen LogP contribution >= 0.6 is 0 Å². The van der Waals surface area contributed by atoms with Crippen LogP contribution in [0.15, 0.2) is 24.3 Å². The minimum absolute atomic E-state index is 0.0806. The van der Waals surface area contributed by atoms with Crippen molar-refractivity contribution >= 4 is 5.91 Å². The van der Waals surface area contributed by atoms with Gasteiger partial charge in [0, 0.05) is 24.1 Å². The third-order valence-corrected chi connectivity index (χ3v) is 3.56. The lowest BCUT2D eigenvalue weighted by Gasteiger charge is -2.19. The fourth-order valence-electron chi connectivity index (χ4n) is 2.44. The largest absolute Gasteiger partial charge is 0.497 e. The molecule has 4 heteroatoms. The molecule has 1 saturated carbocycles. The van der Waals surface area contributed by atoms with Gasteiger partial charge in [-0.1, -0.05) is 6.42 Å². The van der Waals surface area contributed by atoms with E-state index in [2.05, 4.69) is 5.32 Å². The summed E-state index contributed by atoms with van der Waals surface area (Å²) in [5.41, 5.74) is 0.624. The Morgan fingerprint density at radius 2 is 2.11 bits per heavy atom. The average Bonchev–Trinajstić information content (AvgIpc) is 2.86. The number of hydrogen-bond donors (Lipinski definition) is 2. The molecule has 0 bridgehead atoms. The normalized spacial score (nSPS) is 22.8. The van der Waals surface area contributed by atoms with E-state index in [9.17, 15) is 9.90 Å². The Morgan fingerprint density at radius 1 is 1.39 bits per heavy atom. The Balaban J connectivity index is 1.98. The molecule has 1 amide bonds. The summed E-state index contributed by atoms with van der Waals surface area (Å²) in [4.78, 5) is 12.0. The third-order valence-electron chi connectivity index (χ3n) is 3.56. The van der Waals surface area contributed by atoms with Crippen LogP contribution in [0.5, 0.6) is 5.75 Å². The number of nitrogens with one attached hydrogen (secondary N) is 1. The van der Waals surface area contributed by atoms with Crippen molar-refractivity contribution in [2.45, 2.75) is 25.3 Å². The van der Waals surface area contributed by atoms with Gasteiger partial charge in [-0.05, 0) is 37.1 Å². The van der Waals surface area contributed by atoms with Crippen LogP contribution in [0.2, 0.25) is 0 Å². The quantitative estimate of drug-likeness (QED) is 0.852. The lowest BCUT2D eigenvalue weighted by molar-refractivity contribution is 0.0916. The smallest absolute Gasteiger partial charge is 0.251 e. The van der Waals surface area contributed by atoms with Gasteiger partial charge in [0.15, 0.2) is 0 Å². The zero-order chi connectivity index (χ0) is 13.0. The monoisotopic (exact) mass is 249 g/mol. The second kappa shape index (κ2) is 5.87. The zero-order valence-corrected chi connectivity index (χ0v) is 10.6. The fraction of sp³-hybridized carbons (Fsp3) is 0.500. The van der Waals surface area contributed by atoms with Gasteiger partial charge in [-0.2, -0.15) is 0 Å². The summed E-state index contributed by atoms with van der Waals surface area (Å²) in [6, 6.07) is 7.14. The van der Waals surface area contributed by atoms with Crippen molar-refractivity contribution in [2.24, 2.45) is 5.92 Å². The number of methoxy groups -OCH3 is 1. The van der Waals surface area contributed by atoms with Crippen LogP contribution in [-0.2, 0) is 0 Å². The zero-order valence-electron chi connectivity index (χ0n) is 10.6. The maximum absolute atomic E-state index is 12.0. The van der Waals surface area contributed by atoms with E-state index in [-0.39, 0.29) is 24.5 Å². The van der Waals surface area contributed by atoms with Crippen molar-refractivity contribution in [3.05, 3.63) is 29.8 Å². The summed E-state index contributed by atoms with van der Waals surface area (Å²) < 4.78 is 5.05. The van der Waals surface area contributed by atoms with Crippen LogP contribution in [-0.4, -0.2) is 30.8 Å². The summed E-state index contributed by atoms with van der Waals surface area (Å²) in [5.74, 6) is 0.857. The van der Waals surface area contributed by atoms with Gasteiger partial charge in [-0.3, -0.25) is 4.79 Å². The standard InChI is InChI=1S/C14H19NO3/c1-18-12-7-5-10(6-8-12)14(17)15-13-4-2-3-11(13)9-16/h5-8,11,13,16H,2-4,9H2,1H3,(H,15,17). The van der Waals surface area contributed by atoms with E-state index < -0.39 is 0 Å². The highest BCUT2D eigenvalue weighted by Gasteiger charge is 2.27. The van der Waals surface area contributed by atoms with Crippen LogP contribution in [0.4, 0.5) is 0 Å². The predicted octanol–water partition coefficient (Wildman–Crippen LogP) is 1.59. The summed E-state index contributed by atoms with van der Waals surface area (Å²) >= 11 is 0. The molecule has 1 aromatic carbocycles. The maximum Gasteiger partial charge on any atom is 0.251 e. The first-order chi connectivity index (χ1) is 8.74. The van der Waals surface area contributed by atoms with E-state index >= 15 is 0 Å². The van der Waals surface area contributed by atoms with Gasteiger partial charge in [-0.25, -0.2) is 0 Å². The van der Waals surface area contributed by atoms with E-state index in [4.69, 9.17) is 4.74 Å². The van der Waals surface area contributed by atoms with Crippen molar-refractivity contribution in [1.29, 1.82) is 0 Å². The Hall–Kier alpha value is -1.55. The second-order valence-corrected chi connectivity index (χ2v) is 4.68. The molecule has 1 aliphatic rings. The first-order valence-corrected chi connectivity index (χ1v) is 6.30. The SMILES string of the molecule is COc1ccc(C(=O)NC2CCCC2CO)cc1. The summed E-state index contributed by atoms with van der Waals surface area (Å²) in [6.07, 6.45) is 3.01. The molecule has 0 radical (unpaired) electrons. The lowest BCUT2D eigenvalue weighted by Crippen LogP contribution is -2.38. The highest BCUT2D eigenvalue weighted by Crippen LogP contribution is 2.25. The molecule has 0 spiro atoms. The number of rotatable bonds is 4. The average molecular weight is 249 g/mol. The van der Waals surface area contributed by atoms with Gasteiger partial charge >= 0.3 is 0 Å². The van der Waals surface area contributed by atoms with Crippen LogP contribution < -0.4 is 10.1 Å². The number of carbonyl (C=O) groups excluding carboxylic acids is 1. The maximum atomic E-state index is 12.0. The Kier molecular flexibility index (Phi) is 4.20. The first-order valence-electron chi connectivity index (χ1n) is 6.30. The fourth-order valence-corrected chi connectivity index (χ4v) is 2.44. The number of benzene rings is 1. The van der Waals surface area contributed by atoms with Crippen LogP contribution in [0.25, 0.3) is 0 Å². The van der Waals surface area contributed by atoms with Crippen LogP contribution in [0.1, 0.15) is 29.6 Å². The molecular formula is C14H19NO3. The highest BCUT2D eigenvalue weighted by molar-refractivity contribution is 5.94. The van der Waals surface area contributed by atoms with E-state index in [0.717, 1.165) is 25.0 Å². The number of hydrogen-bond acceptors (Lipinski definition) is 3. The van der Waals surface area contributed by atoms with Crippen LogP contribution in [0, 0.1) is 5.92 Å². The molecule has 2 unspecified atom stereocenters. The van der Waals surface area contributed by atoms with Crippen molar-refractivity contribution in [3.63, 3.8) is 0 Å². The molecule has 2 rings (SSSR count). The van der Waals surface area contributed by atoms with E-state index in [0.29, 0.717) is 5.56 Å². The first kappa shape index (κ1) is 12.9. The number of carbonyl (C=O) groups is 1. The number of ether oxygens (including phenoxy) is 1. The van der Waals surface area contributed by atoms with Crippen molar-refractivity contribution in [3.8, 4) is 5.75 Å². The second-order valence-electron chi connectivity index (χ2n) is 4.68. The van der Waals surface area contributed by atoms with Gasteiger partial charge < -0.3 is 15.2 Å². The molecule has 98 valence electrons. The molecule has 0 aromatic heterocycles. The van der Waals surface area contributed by atoms with Gasteiger partial charge in [0.2, 0.25) is 0 Å². The minimum atomic E-state index is -0.0806. The molecule has 18 heavy (non-hydrogen) atoms. The lowest BCUT2D eigenvalue weighted by atomic mass is 10.0. The van der Waals surface area contributed by atoms with Gasteiger partial charge in [0.05, 0.1) is 7.11 Å². The van der Waals surface area contributed by atoms with Crippen molar-refractivity contribution in [1.82, 2.24) is 5.32 Å². The van der Waals surface area contributed by atoms with Crippen molar-refractivity contribution < 1.29 is 14.6 Å². The predicted molar refractivity (Wildman–Crippen MR) is 68.7 cm³/mol. The van der Waals surface area contributed by atoms with Gasteiger partial charge in [0.25, 0.3) is 5.91 Å². The molecule has 2 atom stereocenters. The van der Waals surface area contributed by atoms with Gasteiger partial charge in [0.1, 0.15) is 5.75 Å². The molecule has 0 aliphatic heterocycles. The van der Waals surface area contributed by atoms with Gasteiger partial charge in [-0.15, -0.1) is 0 Å². The third kappa shape index (κ3) is 2.82. The van der Waals surface area contributed by atoms with E-state index in [1.54, 1.807) is 31.4 Å². The van der Waals surface area contributed by atoms with Crippen LogP contribution in [0.3, 0.4) is 0 Å². The summed E-state index contributed by atoms with van der Waals surface area (Å²) in [5, 5.41) is 12.2. The van der Waals surface area contributed by atoms with E-state index in [1.165, 1.54) is 0 Å². The number of aliphatic hydroxyl groups excluding tert-OH is 1. The minimum Gasteiger partial charge on any atom is -0.497 e. The topological polar surface area (TPSA) is 58.6 Å². The number of amides is 1. The molecule has 4 nitrogen and oxygen atoms in total. The Bertz CT molecular complexity index is 402. The number of aliphatic hydroxyl groups is 1. The molecule has 2 N–H and O–H groups in total. The Labute approximate surface area is 107 Å². The molecule has 0 saturated heterocycles. The molecule has 1 aliphatic carbocycles. The summed E-state index contributed by atoms with van der Waals surface area (Å²) in [6.45, 7) is 0.146. The summed E-state index contributed by atoms with van der Waals surface area (Å²) in [7, 11) is 1.60.